The van der Waals surface area contributed by atoms with E-state index in [0.717, 1.165) is 12.0 Å². The van der Waals surface area contributed by atoms with Crippen LogP contribution in [-0.4, -0.2) is 20.7 Å². The number of rotatable bonds is 7. The Hall–Kier alpha value is -2.31. The van der Waals surface area contributed by atoms with E-state index in [4.69, 9.17) is 11.6 Å². The molecule has 0 radical (unpaired) electrons. The Morgan fingerprint density at radius 2 is 2.00 bits per heavy atom. The van der Waals surface area contributed by atoms with Crippen molar-refractivity contribution in [3.8, 4) is 0 Å². The number of hydrogen-bond acceptors (Lipinski definition) is 4. The first-order chi connectivity index (χ1) is 13.5. The molecule has 1 atom stereocenters. The molecule has 0 saturated heterocycles. The lowest BCUT2D eigenvalue weighted by atomic mass is 10.2. The summed E-state index contributed by atoms with van der Waals surface area (Å²) in [5, 5.41) is 4.13. The first kappa shape index (κ1) is 20.4. The normalized spacial score (nSPS) is 12.1. The zero-order valence-electron chi connectivity index (χ0n) is 15.8. The number of fused-ring (bicyclic) bond motifs is 1. The summed E-state index contributed by atoms with van der Waals surface area (Å²) in [4.78, 5) is 30.0. The van der Waals surface area contributed by atoms with Gasteiger partial charge in [0.1, 0.15) is 0 Å². The highest BCUT2D eigenvalue weighted by atomic mass is 35.5. The van der Waals surface area contributed by atoms with Gasteiger partial charge in [-0.1, -0.05) is 60.6 Å². The second kappa shape index (κ2) is 9.26. The van der Waals surface area contributed by atoms with Crippen molar-refractivity contribution in [3.05, 3.63) is 69.5 Å². The van der Waals surface area contributed by atoms with Crippen LogP contribution in [0.1, 0.15) is 25.8 Å². The van der Waals surface area contributed by atoms with Crippen LogP contribution in [0.3, 0.4) is 0 Å². The molecule has 0 aliphatic carbocycles. The number of benzene rings is 2. The molecular formula is C21H22ClN3O2S. The van der Waals surface area contributed by atoms with Gasteiger partial charge in [-0.3, -0.25) is 14.2 Å². The molecule has 0 fully saturated rings. The summed E-state index contributed by atoms with van der Waals surface area (Å²) in [6.45, 7) is 4.83. The van der Waals surface area contributed by atoms with Crippen LogP contribution >= 0.6 is 23.4 Å². The molecule has 0 unspecified atom stereocenters. The lowest BCUT2D eigenvalue weighted by Crippen LogP contribution is -2.31. The third kappa shape index (κ3) is 4.75. The van der Waals surface area contributed by atoms with Crippen molar-refractivity contribution in [1.82, 2.24) is 14.9 Å². The monoisotopic (exact) mass is 415 g/mol. The van der Waals surface area contributed by atoms with Crippen LogP contribution in [0.15, 0.2) is 58.5 Å². The molecule has 5 nitrogen and oxygen atoms in total. The molecule has 7 heteroatoms. The van der Waals surface area contributed by atoms with Gasteiger partial charge in [0.05, 0.1) is 16.2 Å². The lowest BCUT2D eigenvalue weighted by molar-refractivity contribution is -0.120. The van der Waals surface area contributed by atoms with Crippen molar-refractivity contribution in [2.24, 2.45) is 0 Å². The van der Waals surface area contributed by atoms with E-state index < -0.39 is 5.25 Å². The van der Waals surface area contributed by atoms with Crippen molar-refractivity contribution in [2.75, 3.05) is 0 Å². The van der Waals surface area contributed by atoms with E-state index in [1.165, 1.54) is 11.8 Å². The fourth-order valence-corrected chi connectivity index (χ4v) is 3.95. The molecule has 3 rings (SSSR count). The number of halogens is 1. The van der Waals surface area contributed by atoms with Crippen molar-refractivity contribution in [2.45, 2.75) is 43.8 Å². The number of nitrogens with zero attached hydrogens (tertiary/aromatic N) is 2. The Bertz CT molecular complexity index is 1040. The molecule has 0 aliphatic heterocycles. The SMILES string of the molecule is CCCn1c(S[C@H](C)C(=O)NCc2ccccc2)nc2cc(Cl)ccc2c1=O. The Balaban J connectivity index is 1.82. The topological polar surface area (TPSA) is 64.0 Å². The highest BCUT2D eigenvalue weighted by Crippen LogP contribution is 2.24. The zero-order valence-corrected chi connectivity index (χ0v) is 17.4. The van der Waals surface area contributed by atoms with Gasteiger partial charge in [0.15, 0.2) is 5.16 Å². The summed E-state index contributed by atoms with van der Waals surface area (Å²) in [6.07, 6.45) is 0.794. The first-order valence-electron chi connectivity index (χ1n) is 9.18. The Labute approximate surface area is 173 Å². The van der Waals surface area contributed by atoms with Crippen LogP contribution in [0, 0.1) is 0 Å². The smallest absolute Gasteiger partial charge is 0.262 e. The average molecular weight is 416 g/mol. The molecule has 1 aromatic heterocycles. The van der Waals surface area contributed by atoms with E-state index in [9.17, 15) is 9.59 Å². The van der Waals surface area contributed by atoms with Gasteiger partial charge in [0, 0.05) is 18.1 Å². The van der Waals surface area contributed by atoms with Gasteiger partial charge in [-0.15, -0.1) is 0 Å². The summed E-state index contributed by atoms with van der Waals surface area (Å²) in [5.74, 6) is -0.0997. The highest BCUT2D eigenvalue weighted by molar-refractivity contribution is 8.00. The summed E-state index contributed by atoms with van der Waals surface area (Å²) in [7, 11) is 0. The maximum Gasteiger partial charge on any atom is 0.262 e. The predicted octanol–water partition coefficient (Wildman–Crippen LogP) is 4.26. The minimum Gasteiger partial charge on any atom is -0.351 e. The number of thioether (sulfide) groups is 1. The third-order valence-corrected chi connectivity index (χ3v) is 5.62. The molecule has 3 aromatic rings. The molecule has 1 amide bonds. The maximum atomic E-state index is 12.9. The molecule has 2 aromatic carbocycles. The van der Waals surface area contributed by atoms with Crippen LogP contribution in [0.4, 0.5) is 0 Å². The molecule has 0 aliphatic rings. The molecular weight excluding hydrogens is 394 g/mol. The van der Waals surface area contributed by atoms with E-state index in [0.29, 0.717) is 34.2 Å². The number of aromatic nitrogens is 2. The summed E-state index contributed by atoms with van der Waals surface area (Å²) < 4.78 is 1.64. The minimum atomic E-state index is -0.393. The van der Waals surface area contributed by atoms with E-state index in [1.54, 1.807) is 22.8 Å². The van der Waals surface area contributed by atoms with Crippen molar-refractivity contribution in [1.29, 1.82) is 0 Å². The Morgan fingerprint density at radius 3 is 2.71 bits per heavy atom. The van der Waals surface area contributed by atoms with Gasteiger partial charge in [0.25, 0.3) is 5.56 Å². The first-order valence-corrected chi connectivity index (χ1v) is 10.4. The van der Waals surface area contributed by atoms with Crippen LogP contribution in [0.5, 0.6) is 0 Å². The third-order valence-electron chi connectivity index (χ3n) is 4.29. The summed E-state index contributed by atoms with van der Waals surface area (Å²) >= 11 is 7.35. The average Bonchev–Trinajstić information content (AvgIpc) is 2.69. The second-order valence-corrected chi connectivity index (χ2v) is 8.22. The molecule has 1 N–H and O–H groups in total. The maximum absolute atomic E-state index is 12.9. The summed E-state index contributed by atoms with van der Waals surface area (Å²) in [6, 6.07) is 14.8. The van der Waals surface area contributed by atoms with Gasteiger partial charge in [0.2, 0.25) is 5.91 Å². The van der Waals surface area contributed by atoms with E-state index in [-0.39, 0.29) is 11.5 Å². The van der Waals surface area contributed by atoms with E-state index in [1.807, 2.05) is 44.2 Å². The van der Waals surface area contributed by atoms with Gasteiger partial charge in [-0.2, -0.15) is 0 Å². The fraction of sp³-hybridized carbons (Fsp3) is 0.286. The number of amides is 1. The van der Waals surface area contributed by atoms with Crippen LogP contribution in [-0.2, 0) is 17.9 Å². The highest BCUT2D eigenvalue weighted by Gasteiger charge is 2.19. The minimum absolute atomic E-state index is 0.0997. The second-order valence-electron chi connectivity index (χ2n) is 6.48. The molecule has 0 spiro atoms. The van der Waals surface area contributed by atoms with Crippen LogP contribution in [0.25, 0.3) is 10.9 Å². The molecule has 28 heavy (non-hydrogen) atoms. The fourth-order valence-electron chi connectivity index (χ4n) is 2.82. The summed E-state index contributed by atoms with van der Waals surface area (Å²) in [5.41, 5.74) is 1.47. The lowest BCUT2D eigenvalue weighted by Gasteiger charge is -2.16. The number of carbonyl (C=O) groups excluding carboxylic acids is 1. The van der Waals surface area contributed by atoms with Gasteiger partial charge in [-0.05, 0) is 37.1 Å². The van der Waals surface area contributed by atoms with E-state index >= 15 is 0 Å². The largest absolute Gasteiger partial charge is 0.351 e. The van der Waals surface area contributed by atoms with Gasteiger partial charge in [-0.25, -0.2) is 4.98 Å². The molecule has 0 saturated carbocycles. The van der Waals surface area contributed by atoms with Crippen molar-refractivity contribution >= 4 is 40.2 Å². The Morgan fingerprint density at radius 1 is 1.25 bits per heavy atom. The number of hydrogen-bond donors (Lipinski definition) is 1. The van der Waals surface area contributed by atoms with Gasteiger partial charge < -0.3 is 5.32 Å². The van der Waals surface area contributed by atoms with Crippen molar-refractivity contribution < 1.29 is 4.79 Å². The molecule has 0 bridgehead atoms. The predicted molar refractivity (Wildman–Crippen MR) is 115 cm³/mol. The zero-order chi connectivity index (χ0) is 20.1. The van der Waals surface area contributed by atoms with Crippen LogP contribution in [0.2, 0.25) is 5.02 Å². The Kier molecular flexibility index (Phi) is 6.75. The number of nitrogens with one attached hydrogen (secondary N) is 1. The quantitative estimate of drug-likeness (QED) is 0.462. The molecule has 146 valence electrons. The van der Waals surface area contributed by atoms with Crippen molar-refractivity contribution in [3.63, 3.8) is 0 Å². The van der Waals surface area contributed by atoms with Crippen LogP contribution < -0.4 is 10.9 Å². The standard InChI is InChI=1S/C21H22ClN3O2S/c1-3-11-25-20(27)17-10-9-16(22)12-18(17)24-21(25)28-14(2)19(26)23-13-15-7-5-4-6-8-15/h4-10,12,14H,3,11,13H2,1-2H3,(H,23,26)/t14-/m1/s1. The van der Waals surface area contributed by atoms with E-state index in [2.05, 4.69) is 10.3 Å². The van der Waals surface area contributed by atoms with Gasteiger partial charge >= 0.3 is 0 Å². The molecule has 1 heterocycles. The number of carbonyl (C=O) groups is 1.